The van der Waals surface area contributed by atoms with Crippen LogP contribution in [-0.2, 0) is 0 Å². The minimum absolute atomic E-state index is 0.437. The highest BCUT2D eigenvalue weighted by Crippen LogP contribution is 2.40. The Bertz CT molecular complexity index is 1420. The van der Waals surface area contributed by atoms with E-state index in [4.69, 9.17) is 4.98 Å². The summed E-state index contributed by atoms with van der Waals surface area (Å²) in [7, 11) is 0. The van der Waals surface area contributed by atoms with Gasteiger partial charge in [-0.15, -0.1) is 0 Å². The summed E-state index contributed by atoms with van der Waals surface area (Å²) in [5.74, 6) is 0.874. The average molecular weight is 407 g/mol. The summed E-state index contributed by atoms with van der Waals surface area (Å²) in [5.41, 5.74) is 10.2. The van der Waals surface area contributed by atoms with Crippen molar-refractivity contribution in [3.8, 4) is 11.3 Å². The maximum atomic E-state index is 4.98. The first-order valence-corrected chi connectivity index (χ1v) is 11.3. The molecule has 0 unspecified atom stereocenters. The van der Waals surface area contributed by atoms with E-state index < -0.39 is 0 Å². The molecule has 0 aliphatic rings. The molecule has 2 aromatic heterocycles. The molecule has 2 heteroatoms. The number of hydrogen-bond donors (Lipinski definition) is 0. The van der Waals surface area contributed by atoms with Gasteiger partial charge in [0, 0.05) is 16.3 Å². The van der Waals surface area contributed by atoms with Crippen LogP contribution in [0.15, 0.2) is 60.8 Å². The fourth-order valence-corrected chi connectivity index (χ4v) is 4.99. The molecule has 31 heavy (non-hydrogen) atoms. The molecule has 0 N–H and O–H groups in total. The number of aromatic nitrogens is 2. The van der Waals surface area contributed by atoms with Crippen LogP contribution >= 0.6 is 0 Å². The van der Waals surface area contributed by atoms with Crippen LogP contribution in [0.2, 0.25) is 0 Å². The first-order chi connectivity index (χ1) is 14.9. The van der Waals surface area contributed by atoms with E-state index in [-0.39, 0.29) is 0 Å². The van der Waals surface area contributed by atoms with Gasteiger partial charge in [0.05, 0.1) is 17.4 Å². The van der Waals surface area contributed by atoms with Gasteiger partial charge in [0.15, 0.2) is 0 Å². The van der Waals surface area contributed by atoms with Crippen LogP contribution in [0.3, 0.4) is 0 Å². The number of aryl methyl sites for hydroxylation is 2. The highest BCUT2D eigenvalue weighted by molar-refractivity contribution is 6.12. The standard InChI is InChI=1S/C29H30N2/c1-17(2)23-14-20(6)15-24(18(3)4)28(23)27-16-30-29-22-10-8-7-9-21(22)25-13-19(5)11-12-26(25)31(27)29/h7-18H,1-6H3. The largest absolute Gasteiger partial charge is 0.292 e. The van der Waals surface area contributed by atoms with Gasteiger partial charge >= 0.3 is 0 Å². The lowest BCUT2D eigenvalue weighted by atomic mass is 9.85. The Morgan fingerprint density at radius 2 is 1.35 bits per heavy atom. The Morgan fingerprint density at radius 3 is 2.00 bits per heavy atom. The number of rotatable bonds is 3. The lowest BCUT2D eigenvalue weighted by Crippen LogP contribution is -2.04. The second kappa shape index (κ2) is 7.23. The molecular formula is C29H30N2. The number of pyridine rings is 1. The summed E-state index contributed by atoms with van der Waals surface area (Å²) in [5, 5.41) is 3.76. The highest BCUT2D eigenvalue weighted by Gasteiger charge is 2.21. The van der Waals surface area contributed by atoms with Gasteiger partial charge in [0.25, 0.3) is 0 Å². The van der Waals surface area contributed by atoms with E-state index in [9.17, 15) is 0 Å². The van der Waals surface area contributed by atoms with Crippen LogP contribution in [-0.4, -0.2) is 9.38 Å². The fourth-order valence-electron chi connectivity index (χ4n) is 4.99. The van der Waals surface area contributed by atoms with Crippen molar-refractivity contribution in [2.45, 2.75) is 53.4 Å². The lowest BCUT2D eigenvalue weighted by molar-refractivity contribution is 0.833. The van der Waals surface area contributed by atoms with Gasteiger partial charge < -0.3 is 0 Å². The number of fused-ring (bicyclic) bond motifs is 6. The predicted octanol–water partition coefficient (Wildman–Crippen LogP) is 8.17. The van der Waals surface area contributed by atoms with Crippen molar-refractivity contribution in [2.24, 2.45) is 0 Å². The van der Waals surface area contributed by atoms with Crippen LogP contribution in [0.25, 0.3) is 38.6 Å². The molecule has 2 nitrogen and oxygen atoms in total. The minimum Gasteiger partial charge on any atom is -0.292 e. The molecule has 0 fully saturated rings. The van der Waals surface area contributed by atoms with E-state index in [1.807, 2.05) is 0 Å². The van der Waals surface area contributed by atoms with Crippen LogP contribution in [0, 0.1) is 13.8 Å². The van der Waals surface area contributed by atoms with Crippen LogP contribution in [0.1, 0.15) is 61.8 Å². The van der Waals surface area contributed by atoms with Crippen LogP contribution in [0.5, 0.6) is 0 Å². The normalized spacial score (nSPS) is 12.1. The highest BCUT2D eigenvalue weighted by atomic mass is 15.0. The van der Waals surface area contributed by atoms with Gasteiger partial charge in [-0.1, -0.05) is 81.3 Å². The molecular weight excluding hydrogens is 376 g/mol. The smallest absolute Gasteiger partial charge is 0.145 e. The summed E-state index contributed by atoms with van der Waals surface area (Å²) in [4.78, 5) is 4.98. The number of imidazole rings is 1. The second-order valence-corrected chi connectivity index (χ2v) is 9.50. The van der Waals surface area contributed by atoms with Crippen molar-refractivity contribution in [1.82, 2.24) is 9.38 Å². The average Bonchev–Trinajstić information content (AvgIpc) is 3.18. The maximum Gasteiger partial charge on any atom is 0.145 e. The minimum atomic E-state index is 0.437. The summed E-state index contributed by atoms with van der Waals surface area (Å²) >= 11 is 0. The van der Waals surface area contributed by atoms with Crippen molar-refractivity contribution >= 4 is 27.3 Å². The Labute approximate surface area is 184 Å². The molecule has 0 amide bonds. The van der Waals surface area contributed by atoms with Crippen molar-refractivity contribution in [3.63, 3.8) is 0 Å². The second-order valence-electron chi connectivity index (χ2n) is 9.50. The predicted molar refractivity (Wildman–Crippen MR) is 133 cm³/mol. The first-order valence-electron chi connectivity index (χ1n) is 11.3. The monoisotopic (exact) mass is 406 g/mol. The zero-order valence-electron chi connectivity index (χ0n) is 19.3. The zero-order valence-corrected chi connectivity index (χ0v) is 19.3. The van der Waals surface area contributed by atoms with Gasteiger partial charge in [0.1, 0.15) is 5.65 Å². The van der Waals surface area contributed by atoms with Gasteiger partial charge in [-0.3, -0.25) is 4.40 Å². The Hall–Kier alpha value is -3.13. The van der Waals surface area contributed by atoms with Crippen molar-refractivity contribution < 1.29 is 0 Å². The molecule has 2 heterocycles. The van der Waals surface area contributed by atoms with Crippen LogP contribution in [0.4, 0.5) is 0 Å². The molecule has 0 saturated carbocycles. The van der Waals surface area contributed by atoms with Gasteiger partial charge in [0.2, 0.25) is 0 Å². The third-order valence-corrected chi connectivity index (χ3v) is 6.46. The number of nitrogens with zero attached hydrogens (tertiary/aromatic N) is 2. The van der Waals surface area contributed by atoms with Crippen molar-refractivity contribution in [3.05, 3.63) is 83.0 Å². The molecule has 0 atom stereocenters. The Balaban J connectivity index is 2.01. The molecule has 0 radical (unpaired) electrons. The summed E-state index contributed by atoms with van der Waals surface area (Å²) < 4.78 is 2.39. The number of hydrogen-bond acceptors (Lipinski definition) is 1. The van der Waals surface area contributed by atoms with E-state index in [0.29, 0.717) is 11.8 Å². The molecule has 5 rings (SSSR count). The third-order valence-electron chi connectivity index (χ3n) is 6.46. The maximum absolute atomic E-state index is 4.98. The fraction of sp³-hybridized carbons (Fsp3) is 0.276. The van der Waals surface area contributed by atoms with E-state index in [1.54, 1.807) is 0 Å². The number of benzene rings is 3. The Morgan fingerprint density at radius 1 is 0.710 bits per heavy atom. The van der Waals surface area contributed by atoms with Gasteiger partial charge in [-0.25, -0.2) is 4.98 Å². The van der Waals surface area contributed by atoms with Crippen molar-refractivity contribution in [2.75, 3.05) is 0 Å². The van der Waals surface area contributed by atoms with E-state index in [1.165, 1.54) is 55.2 Å². The quantitative estimate of drug-likeness (QED) is 0.276. The molecule has 0 spiro atoms. The lowest BCUT2D eigenvalue weighted by Gasteiger charge is -2.21. The summed E-state index contributed by atoms with van der Waals surface area (Å²) in [6.45, 7) is 13.6. The SMILES string of the molecule is Cc1cc(C(C)C)c(-c2cnc3c4ccccc4c4cc(C)ccc4n23)c(C(C)C)c1. The molecule has 3 aromatic carbocycles. The molecule has 0 aliphatic heterocycles. The topological polar surface area (TPSA) is 17.3 Å². The molecule has 0 bridgehead atoms. The van der Waals surface area contributed by atoms with Gasteiger partial charge in [-0.2, -0.15) is 0 Å². The molecule has 156 valence electrons. The third kappa shape index (κ3) is 3.05. The van der Waals surface area contributed by atoms with E-state index in [2.05, 4.69) is 107 Å². The van der Waals surface area contributed by atoms with Crippen molar-refractivity contribution in [1.29, 1.82) is 0 Å². The zero-order chi connectivity index (χ0) is 21.9. The molecule has 0 aliphatic carbocycles. The first kappa shape index (κ1) is 19.8. The summed E-state index contributed by atoms with van der Waals surface area (Å²) in [6.07, 6.45) is 2.09. The van der Waals surface area contributed by atoms with E-state index in [0.717, 1.165) is 5.65 Å². The van der Waals surface area contributed by atoms with E-state index >= 15 is 0 Å². The van der Waals surface area contributed by atoms with Crippen LogP contribution < -0.4 is 0 Å². The Kier molecular flexibility index (Phi) is 4.62. The molecule has 5 aromatic rings. The molecule has 0 saturated heterocycles. The van der Waals surface area contributed by atoms with Gasteiger partial charge in [-0.05, 0) is 54.3 Å². The summed E-state index contributed by atoms with van der Waals surface area (Å²) in [6, 6.07) is 20.2.